The Kier molecular flexibility index (Phi) is 6.81. The van der Waals surface area contributed by atoms with E-state index in [0.717, 1.165) is 31.6 Å². The van der Waals surface area contributed by atoms with Crippen LogP contribution in [0.1, 0.15) is 64.7 Å². The summed E-state index contributed by atoms with van der Waals surface area (Å²) in [6, 6.07) is 0. The normalized spacial score (nSPS) is 29.0. The molecule has 2 fully saturated rings. The summed E-state index contributed by atoms with van der Waals surface area (Å²) in [5.74, 6) is 1.77. The summed E-state index contributed by atoms with van der Waals surface area (Å²) >= 11 is 6.13. The maximum Gasteiger partial charge on any atom is 0.223 e. The summed E-state index contributed by atoms with van der Waals surface area (Å²) in [6.45, 7) is 3.66. The molecule has 0 aromatic carbocycles. The quantitative estimate of drug-likeness (QED) is 0.755. The van der Waals surface area contributed by atoms with Gasteiger partial charge in [-0.3, -0.25) is 4.79 Å². The van der Waals surface area contributed by atoms with E-state index in [-0.39, 0.29) is 17.4 Å². The molecule has 1 N–H and O–H groups in total. The third-order valence-electron chi connectivity index (χ3n) is 5.28. The minimum absolute atomic E-state index is 0.200. The Morgan fingerprint density at radius 2 is 1.90 bits per heavy atom. The van der Waals surface area contributed by atoms with E-state index in [4.69, 9.17) is 16.3 Å². The van der Waals surface area contributed by atoms with Crippen LogP contribution in [0.4, 0.5) is 0 Å². The number of hydrogen-bond acceptors (Lipinski definition) is 2. The number of amides is 1. The highest BCUT2D eigenvalue weighted by Crippen LogP contribution is 2.33. The lowest BCUT2D eigenvalue weighted by Gasteiger charge is -2.38. The topological polar surface area (TPSA) is 38.3 Å². The third-order valence-corrected chi connectivity index (χ3v) is 5.79. The molecule has 4 heteroatoms. The van der Waals surface area contributed by atoms with E-state index in [2.05, 4.69) is 12.2 Å². The predicted molar refractivity (Wildman–Crippen MR) is 86.6 cm³/mol. The Balaban J connectivity index is 1.78. The second-order valence-electron chi connectivity index (χ2n) is 6.88. The van der Waals surface area contributed by atoms with Gasteiger partial charge in [-0.25, -0.2) is 0 Å². The maximum atomic E-state index is 12.5. The molecule has 0 atom stereocenters. The van der Waals surface area contributed by atoms with E-state index in [1.54, 1.807) is 0 Å². The zero-order valence-corrected chi connectivity index (χ0v) is 14.1. The van der Waals surface area contributed by atoms with Crippen molar-refractivity contribution in [2.75, 3.05) is 19.1 Å². The van der Waals surface area contributed by atoms with Crippen molar-refractivity contribution in [3.05, 3.63) is 0 Å². The van der Waals surface area contributed by atoms with E-state index in [9.17, 15) is 4.79 Å². The van der Waals surface area contributed by atoms with Crippen molar-refractivity contribution < 1.29 is 9.53 Å². The third kappa shape index (κ3) is 4.85. The fourth-order valence-electron chi connectivity index (χ4n) is 3.62. The molecule has 0 spiro atoms. The molecular weight excluding hydrogens is 286 g/mol. The molecule has 1 amide bonds. The lowest BCUT2D eigenvalue weighted by Crippen LogP contribution is -2.55. The van der Waals surface area contributed by atoms with E-state index in [0.29, 0.717) is 19.1 Å². The molecule has 122 valence electrons. The molecule has 0 aromatic heterocycles. The second kappa shape index (κ2) is 8.38. The minimum atomic E-state index is -0.226. The molecule has 1 heterocycles. The maximum absolute atomic E-state index is 12.5. The number of alkyl halides is 1. The Hall–Kier alpha value is -0.280. The molecule has 1 aliphatic heterocycles. The first-order chi connectivity index (χ1) is 10.2. The van der Waals surface area contributed by atoms with Gasteiger partial charge in [0.25, 0.3) is 0 Å². The van der Waals surface area contributed by atoms with Gasteiger partial charge in [-0.15, -0.1) is 11.6 Å². The van der Waals surface area contributed by atoms with Crippen LogP contribution < -0.4 is 5.32 Å². The molecule has 0 unspecified atom stereocenters. The van der Waals surface area contributed by atoms with Crippen LogP contribution in [0, 0.1) is 11.8 Å². The monoisotopic (exact) mass is 315 g/mol. The summed E-state index contributed by atoms with van der Waals surface area (Å²) in [6.07, 6.45) is 10.2. The van der Waals surface area contributed by atoms with Gasteiger partial charge >= 0.3 is 0 Å². The van der Waals surface area contributed by atoms with Gasteiger partial charge in [-0.2, -0.15) is 0 Å². The molecule has 0 aromatic rings. The van der Waals surface area contributed by atoms with Crippen LogP contribution in [0.2, 0.25) is 0 Å². The van der Waals surface area contributed by atoms with Crippen molar-refractivity contribution in [3.8, 4) is 0 Å². The standard InChI is InChI=1S/C17H30ClNO2/c1-2-3-4-14-5-7-15(8-6-14)16(20)19-17(13-18)9-11-21-12-10-17/h14-15H,2-13H2,1H3,(H,19,20). The van der Waals surface area contributed by atoms with Crippen molar-refractivity contribution in [2.45, 2.75) is 70.3 Å². The van der Waals surface area contributed by atoms with Gasteiger partial charge in [-0.05, 0) is 44.4 Å². The van der Waals surface area contributed by atoms with E-state index >= 15 is 0 Å². The van der Waals surface area contributed by atoms with Gasteiger partial charge in [-0.1, -0.05) is 26.2 Å². The highest BCUT2D eigenvalue weighted by atomic mass is 35.5. The number of rotatable bonds is 6. The zero-order valence-electron chi connectivity index (χ0n) is 13.3. The number of carbonyl (C=O) groups is 1. The minimum Gasteiger partial charge on any atom is -0.381 e. The van der Waals surface area contributed by atoms with Crippen molar-refractivity contribution in [1.82, 2.24) is 5.32 Å². The molecule has 0 radical (unpaired) electrons. The Morgan fingerprint density at radius 3 is 2.48 bits per heavy atom. The van der Waals surface area contributed by atoms with Crippen LogP contribution in [-0.2, 0) is 9.53 Å². The predicted octanol–water partition coefficient (Wildman–Crippen LogP) is 3.89. The lowest BCUT2D eigenvalue weighted by atomic mass is 9.79. The first-order valence-corrected chi connectivity index (χ1v) is 9.18. The first-order valence-electron chi connectivity index (χ1n) is 8.65. The summed E-state index contributed by atoms with van der Waals surface area (Å²) < 4.78 is 5.40. The molecule has 1 saturated heterocycles. The molecule has 21 heavy (non-hydrogen) atoms. The first kappa shape index (κ1) is 17.1. The number of carbonyl (C=O) groups excluding carboxylic acids is 1. The molecule has 3 nitrogen and oxygen atoms in total. The van der Waals surface area contributed by atoms with Crippen LogP contribution in [-0.4, -0.2) is 30.5 Å². The lowest BCUT2D eigenvalue weighted by molar-refractivity contribution is -0.129. The van der Waals surface area contributed by atoms with Crippen LogP contribution in [0.25, 0.3) is 0 Å². The van der Waals surface area contributed by atoms with Crippen LogP contribution in [0.15, 0.2) is 0 Å². The van der Waals surface area contributed by atoms with E-state index in [1.807, 2.05) is 0 Å². The van der Waals surface area contributed by atoms with Crippen molar-refractivity contribution in [2.24, 2.45) is 11.8 Å². The summed E-state index contributed by atoms with van der Waals surface area (Å²) in [5.41, 5.74) is -0.226. The Morgan fingerprint density at radius 1 is 1.24 bits per heavy atom. The number of ether oxygens (including phenoxy) is 1. The number of halogens is 1. The fraction of sp³-hybridized carbons (Fsp3) is 0.941. The molecule has 2 rings (SSSR count). The highest BCUT2D eigenvalue weighted by molar-refractivity contribution is 6.18. The largest absolute Gasteiger partial charge is 0.381 e. The van der Waals surface area contributed by atoms with Crippen LogP contribution in [0.5, 0.6) is 0 Å². The number of hydrogen-bond donors (Lipinski definition) is 1. The fourth-order valence-corrected chi connectivity index (χ4v) is 3.96. The average Bonchev–Trinajstić information content (AvgIpc) is 2.54. The van der Waals surface area contributed by atoms with Crippen LogP contribution in [0.3, 0.4) is 0 Å². The van der Waals surface area contributed by atoms with Crippen LogP contribution >= 0.6 is 11.6 Å². The number of unbranched alkanes of at least 4 members (excludes halogenated alkanes) is 1. The van der Waals surface area contributed by atoms with Gasteiger partial charge in [0.2, 0.25) is 5.91 Å². The molecule has 2 aliphatic rings. The van der Waals surface area contributed by atoms with Gasteiger partial charge in [0.15, 0.2) is 0 Å². The van der Waals surface area contributed by atoms with Crippen molar-refractivity contribution in [3.63, 3.8) is 0 Å². The molecular formula is C17H30ClNO2. The molecule has 0 bridgehead atoms. The summed E-state index contributed by atoms with van der Waals surface area (Å²) in [5, 5.41) is 3.26. The summed E-state index contributed by atoms with van der Waals surface area (Å²) in [7, 11) is 0. The SMILES string of the molecule is CCCCC1CCC(C(=O)NC2(CCl)CCOCC2)CC1. The van der Waals surface area contributed by atoms with Gasteiger partial charge in [0.1, 0.15) is 0 Å². The van der Waals surface area contributed by atoms with E-state index in [1.165, 1.54) is 32.1 Å². The smallest absolute Gasteiger partial charge is 0.223 e. The Bertz CT molecular complexity index is 321. The van der Waals surface area contributed by atoms with Gasteiger partial charge in [0, 0.05) is 25.0 Å². The zero-order chi connectivity index (χ0) is 15.1. The summed E-state index contributed by atoms with van der Waals surface area (Å²) in [4.78, 5) is 12.5. The second-order valence-corrected chi connectivity index (χ2v) is 7.14. The van der Waals surface area contributed by atoms with Gasteiger partial charge < -0.3 is 10.1 Å². The van der Waals surface area contributed by atoms with E-state index < -0.39 is 0 Å². The molecule has 1 aliphatic carbocycles. The number of nitrogens with one attached hydrogen (secondary N) is 1. The van der Waals surface area contributed by atoms with Gasteiger partial charge in [0.05, 0.1) is 5.54 Å². The van der Waals surface area contributed by atoms with Crippen molar-refractivity contribution >= 4 is 17.5 Å². The molecule has 1 saturated carbocycles. The highest BCUT2D eigenvalue weighted by Gasteiger charge is 2.36. The Labute approximate surface area is 134 Å². The van der Waals surface area contributed by atoms with Crippen molar-refractivity contribution in [1.29, 1.82) is 0 Å². The average molecular weight is 316 g/mol.